The Morgan fingerprint density at radius 1 is 1.28 bits per heavy atom. The summed E-state index contributed by atoms with van der Waals surface area (Å²) in [5, 5.41) is 10.9. The van der Waals surface area contributed by atoms with Crippen molar-refractivity contribution in [2.75, 3.05) is 51.5 Å². The number of hydrogen-bond acceptors (Lipinski definition) is 6. The predicted molar refractivity (Wildman–Crippen MR) is 154 cm³/mol. The van der Waals surface area contributed by atoms with Crippen LogP contribution in [0.1, 0.15) is 19.4 Å². The molecule has 1 fully saturated rings. The van der Waals surface area contributed by atoms with Crippen molar-refractivity contribution in [2.24, 2.45) is 17.0 Å². The van der Waals surface area contributed by atoms with E-state index in [1.807, 2.05) is 25.1 Å². The number of rotatable bonds is 7. The lowest BCUT2D eigenvalue weighted by molar-refractivity contribution is -0.121. The van der Waals surface area contributed by atoms with Gasteiger partial charge >= 0.3 is 0 Å². The van der Waals surface area contributed by atoms with Gasteiger partial charge in [-0.3, -0.25) is 19.4 Å². The number of ether oxygens (including phenoxy) is 1. The standard InChI is InChI=1S/C27H36FN9O2/c1-16-14-37(12-11-35(16)5)18(3)25(38)31-21-10-8-9-19-20(13-30-24(19)21)23(17(2)28)33-27(29-4)32-22-15-36(6)34-26(22)39-7/h8-10,13,15-16,18,30H,2,11-12,14H2,1,3-7H3,(H,29,32)(H,31,38)/t16-,18-/m1/s1. The van der Waals surface area contributed by atoms with Gasteiger partial charge in [0.2, 0.25) is 11.9 Å². The average Bonchev–Trinajstić information content (AvgIpc) is 3.50. The Morgan fingerprint density at radius 3 is 2.72 bits per heavy atom. The molecule has 1 amide bonds. The van der Waals surface area contributed by atoms with Gasteiger partial charge in [0.05, 0.1) is 30.6 Å². The highest BCUT2D eigenvalue weighted by Gasteiger charge is 2.28. The van der Waals surface area contributed by atoms with Crippen LogP contribution in [-0.4, -0.2) is 95.1 Å². The van der Waals surface area contributed by atoms with E-state index >= 15 is 0 Å². The number of guanidine groups is 1. The average molecular weight is 538 g/mol. The van der Waals surface area contributed by atoms with E-state index in [9.17, 15) is 9.18 Å². The summed E-state index contributed by atoms with van der Waals surface area (Å²) in [6.45, 7) is 10.1. The van der Waals surface area contributed by atoms with E-state index in [2.05, 4.69) is 61.1 Å². The van der Waals surface area contributed by atoms with Gasteiger partial charge in [0.15, 0.2) is 0 Å². The number of allylic oxidation sites excluding steroid dienone is 1. The summed E-state index contributed by atoms with van der Waals surface area (Å²) in [4.78, 5) is 29.4. The molecule has 1 saturated heterocycles. The van der Waals surface area contributed by atoms with Crippen LogP contribution in [0.2, 0.25) is 0 Å². The Labute approximate surface area is 227 Å². The molecule has 0 spiro atoms. The first-order chi connectivity index (χ1) is 18.6. The number of aliphatic imine (C=N–C) groups is 2. The number of aromatic amines is 1. The zero-order valence-corrected chi connectivity index (χ0v) is 23.2. The van der Waals surface area contributed by atoms with Crippen molar-refractivity contribution in [3.8, 4) is 5.88 Å². The number of nitrogens with one attached hydrogen (secondary N) is 3. The molecule has 0 unspecified atom stereocenters. The summed E-state index contributed by atoms with van der Waals surface area (Å²) in [6, 6.07) is 5.54. The minimum Gasteiger partial charge on any atom is -0.478 e. The van der Waals surface area contributed by atoms with Crippen molar-refractivity contribution in [3.63, 3.8) is 0 Å². The lowest BCUT2D eigenvalue weighted by Crippen LogP contribution is -2.55. The smallest absolute Gasteiger partial charge is 0.256 e. The third-order valence-electron chi connectivity index (χ3n) is 7.07. The highest BCUT2D eigenvalue weighted by Crippen LogP contribution is 2.28. The van der Waals surface area contributed by atoms with Crippen molar-refractivity contribution >= 4 is 39.9 Å². The van der Waals surface area contributed by atoms with E-state index in [4.69, 9.17) is 4.74 Å². The van der Waals surface area contributed by atoms with Crippen LogP contribution in [0.3, 0.4) is 0 Å². The Morgan fingerprint density at radius 2 is 2.05 bits per heavy atom. The molecule has 11 nitrogen and oxygen atoms in total. The number of halogens is 1. The molecule has 3 aromatic rings. The summed E-state index contributed by atoms with van der Waals surface area (Å²) in [7, 11) is 6.89. The summed E-state index contributed by atoms with van der Waals surface area (Å²) < 4.78 is 21.6. The van der Waals surface area contributed by atoms with Crippen LogP contribution in [0, 0.1) is 0 Å². The molecule has 1 aliphatic rings. The van der Waals surface area contributed by atoms with Gasteiger partial charge in [-0.05, 0) is 27.0 Å². The number of carbonyl (C=O) groups is 1. The zero-order chi connectivity index (χ0) is 28.3. The van der Waals surface area contributed by atoms with Crippen molar-refractivity contribution in [2.45, 2.75) is 25.9 Å². The maximum absolute atomic E-state index is 14.8. The van der Waals surface area contributed by atoms with E-state index < -0.39 is 5.83 Å². The van der Waals surface area contributed by atoms with Crippen molar-refractivity contribution < 1.29 is 13.9 Å². The number of H-pyrrole nitrogens is 1. The second-order valence-corrected chi connectivity index (χ2v) is 9.68. The van der Waals surface area contributed by atoms with Gasteiger partial charge in [0, 0.05) is 56.9 Å². The molecule has 0 radical (unpaired) electrons. The van der Waals surface area contributed by atoms with Crippen LogP contribution in [0.5, 0.6) is 5.88 Å². The van der Waals surface area contributed by atoms with Gasteiger partial charge in [-0.2, -0.15) is 0 Å². The SMILES string of the molecule is C=C(F)C(=NC(=NC)Nc1cn(C)nc1OC)c1c[nH]c2c(NC(=O)[C@@H](C)N3CCN(C)[C@H](C)C3)cccc12. The molecular weight excluding hydrogens is 501 g/mol. The first kappa shape index (κ1) is 28.0. The second kappa shape index (κ2) is 11.8. The first-order valence-corrected chi connectivity index (χ1v) is 12.7. The molecule has 1 aromatic carbocycles. The quantitative estimate of drug-likeness (QED) is 0.315. The van der Waals surface area contributed by atoms with Gasteiger partial charge < -0.3 is 25.3 Å². The molecule has 0 aliphatic carbocycles. The van der Waals surface area contributed by atoms with Gasteiger partial charge in [0.1, 0.15) is 17.2 Å². The number of methoxy groups -OCH3 is 1. The fraction of sp³-hybridized carbons (Fsp3) is 0.407. The summed E-state index contributed by atoms with van der Waals surface area (Å²) in [5.74, 6) is -0.343. The van der Waals surface area contributed by atoms with Crippen LogP contribution >= 0.6 is 0 Å². The van der Waals surface area contributed by atoms with Crippen LogP contribution in [0.15, 0.2) is 53.0 Å². The highest BCUT2D eigenvalue weighted by atomic mass is 19.1. The molecule has 1 aliphatic heterocycles. The molecule has 0 bridgehead atoms. The van der Waals surface area contributed by atoms with Gasteiger partial charge in [0.25, 0.3) is 5.88 Å². The number of aromatic nitrogens is 3. The molecule has 4 rings (SSSR count). The normalized spacial score (nSPS) is 18.3. The number of carbonyl (C=O) groups excluding carboxylic acids is 1. The minimum absolute atomic E-state index is 0.000441. The predicted octanol–water partition coefficient (Wildman–Crippen LogP) is 3.24. The number of nitrogens with zero attached hydrogens (tertiary/aromatic N) is 6. The lowest BCUT2D eigenvalue weighted by atomic mass is 10.1. The van der Waals surface area contributed by atoms with Crippen LogP contribution in [0.4, 0.5) is 15.8 Å². The largest absolute Gasteiger partial charge is 0.478 e. The maximum Gasteiger partial charge on any atom is 0.256 e. The Balaban J connectivity index is 1.60. The van der Waals surface area contributed by atoms with Gasteiger partial charge in [-0.1, -0.05) is 18.7 Å². The fourth-order valence-electron chi connectivity index (χ4n) is 4.62. The molecule has 3 heterocycles. The van der Waals surface area contributed by atoms with Crippen molar-refractivity contribution in [3.05, 3.63) is 48.6 Å². The molecular formula is C27H36FN9O2. The molecule has 2 atom stereocenters. The van der Waals surface area contributed by atoms with E-state index in [-0.39, 0.29) is 23.6 Å². The summed E-state index contributed by atoms with van der Waals surface area (Å²) >= 11 is 0. The third kappa shape index (κ3) is 6.02. The number of para-hydroxylation sites is 1. The molecule has 39 heavy (non-hydrogen) atoms. The first-order valence-electron chi connectivity index (χ1n) is 12.7. The second-order valence-electron chi connectivity index (χ2n) is 9.68. The monoisotopic (exact) mass is 537 g/mol. The number of piperazine rings is 1. The number of anilines is 2. The fourth-order valence-corrected chi connectivity index (χ4v) is 4.62. The summed E-state index contributed by atoms with van der Waals surface area (Å²) in [6.07, 6.45) is 3.35. The number of likely N-dealkylation sites (N-methyl/N-ethyl adjacent to an activating group) is 1. The molecule has 2 aromatic heterocycles. The Hall–Kier alpha value is -4.03. The minimum atomic E-state index is -0.732. The molecule has 0 saturated carbocycles. The number of hydrogen-bond donors (Lipinski definition) is 3. The van der Waals surface area contributed by atoms with Crippen LogP contribution in [-0.2, 0) is 11.8 Å². The molecule has 208 valence electrons. The Kier molecular flexibility index (Phi) is 8.46. The van der Waals surface area contributed by atoms with E-state index in [1.165, 1.54) is 7.11 Å². The highest BCUT2D eigenvalue weighted by molar-refractivity contribution is 6.23. The number of aryl methyl sites for hydroxylation is 1. The number of benzene rings is 1. The summed E-state index contributed by atoms with van der Waals surface area (Å²) in [5.41, 5.74) is 2.27. The van der Waals surface area contributed by atoms with Gasteiger partial charge in [-0.25, -0.2) is 9.38 Å². The van der Waals surface area contributed by atoms with Crippen LogP contribution in [0.25, 0.3) is 10.9 Å². The van der Waals surface area contributed by atoms with Crippen molar-refractivity contribution in [1.29, 1.82) is 0 Å². The van der Waals surface area contributed by atoms with Crippen molar-refractivity contribution in [1.82, 2.24) is 24.6 Å². The number of fused-ring (bicyclic) bond motifs is 1. The van der Waals surface area contributed by atoms with E-state index in [1.54, 1.807) is 31.2 Å². The topological polar surface area (TPSA) is 115 Å². The molecule has 3 N–H and O–H groups in total. The molecule has 12 heteroatoms. The zero-order valence-electron chi connectivity index (χ0n) is 23.2. The van der Waals surface area contributed by atoms with E-state index in [0.717, 1.165) is 19.6 Å². The maximum atomic E-state index is 14.8. The van der Waals surface area contributed by atoms with Crippen LogP contribution < -0.4 is 15.4 Å². The van der Waals surface area contributed by atoms with Gasteiger partial charge in [-0.15, -0.1) is 5.10 Å². The third-order valence-corrected chi connectivity index (χ3v) is 7.07. The number of amides is 1. The Bertz CT molecular complexity index is 1420. The van der Waals surface area contributed by atoms with E-state index in [0.29, 0.717) is 39.8 Å². The lowest BCUT2D eigenvalue weighted by Gasteiger charge is -2.40.